The molecule has 0 spiro atoms. The number of pyridine rings is 1. The zero-order valence-corrected chi connectivity index (χ0v) is 17.5. The van der Waals surface area contributed by atoms with Crippen LogP contribution in [-0.4, -0.2) is 52.0 Å². The quantitative estimate of drug-likeness (QED) is 0.614. The van der Waals surface area contributed by atoms with Gasteiger partial charge in [0.25, 0.3) is 0 Å². The van der Waals surface area contributed by atoms with Crippen molar-refractivity contribution in [1.82, 2.24) is 4.90 Å². The lowest BCUT2D eigenvalue weighted by Gasteiger charge is -2.35. The maximum atomic E-state index is 5.79. The highest BCUT2D eigenvalue weighted by Gasteiger charge is 2.29. The van der Waals surface area contributed by atoms with Crippen LogP contribution in [0.15, 0.2) is 36.5 Å². The minimum Gasteiger partial charge on any atom is -0.495 e. The van der Waals surface area contributed by atoms with Crippen molar-refractivity contribution in [3.8, 4) is 28.5 Å². The third kappa shape index (κ3) is 2.70. The van der Waals surface area contributed by atoms with Crippen LogP contribution in [0, 0.1) is 0 Å². The fourth-order valence-corrected chi connectivity index (χ4v) is 4.93. The Kier molecular flexibility index (Phi) is 4.03. The minimum atomic E-state index is 0.310. The third-order valence-corrected chi connectivity index (χ3v) is 6.64. The third-order valence-electron chi connectivity index (χ3n) is 6.64. The lowest BCUT2D eigenvalue weighted by Crippen LogP contribution is -2.45. The predicted octanol–water partition coefficient (Wildman–Crippen LogP) is 2.84. The Morgan fingerprint density at radius 2 is 1.80 bits per heavy atom. The molecule has 1 saturated heterocycles. The summed E-state index contributed by atoms with van der Waals surface area (Å²) < 4.78 is 19.4. The number of fused-ring (bicyclic) bond motifs is 5. The van der Waals surface area contributed by atoms with Gasteiger partial charge in [-0.05, 0) is 36.2 Å². The summed E-state index contributed by atoms with van der Waals surface area (Å²) in [5.41, 5.74) is 5.02. The number of aromatic nitrogens is 1. The molecule has 154 valence electrons. The van der Waals surface area contributed by atoms with Crippen molar-refractivity contribution in [3.05, 3.63) is 42.1 Å². The van der Waals surface area contributed by atoms with Crippen molar-refractivity contribution in [1.29, 1.82) is 0 Å². The van der Waals surface area contributed by atoms with E-state index >= 15 is 0 Å². The Bertz CT molecular complexity index is 1150. The molecule has 0 unspecified atom stereocenters. The van der Waals surface area contributed by atoms with Gasteiger partial charge in [0, 0.05) is 38.7 Å². The maximum absolute atomic E-state index is 5.79. The Labute approximate surface area is 176 Å². The van der Waals surface area contributed by atoms with E-state index in [9.17, 15) is 0 Å². The summed E-state index contributed by atoms with van der Waals surface area (Å²) in [5, 5.41) is 2.49. The second-order valence-electron chi connectivity index (χ2n) is 8.37. The van der Waals surface area contributed by atoms with Crippen LogP contribution in [0.5, 0.6) is 17.2 Å². The molecule has 0 bridgehead atoms. The average molecular weight is 404 g/mol. The average Bonchev–Trinajstić information content (AvgIpc) is 3.23. The van der Waals surface area contributed by atoms with Gasteiger partial charge in [-0.15, -0.1) is 0 Å². The molecule has 6 nitrogen and oxygen atoms in total. The van der Waals surface area contributed by atoms with Crippen molar-refractivity contribution in [2.45, 2.75) is 13.0 Å². The number of hydrogen-bond acceptors (Lipinski definition) is 5. The van der Waals surface area contributed by atoms with E-state index in [0.29, 0.717) is 6.79 Å². The number of hydrogen-bond donors (Lipinski definition) is 0. The highest BCUT2D eigenvalue weighted by Crippen LogP contribution is 2.42. The SMILES string of the molecule is COc1ccc2cc3[n+](cc2c1N1CCN(C)CC1)CCc1cc2c(cc1-3)OCO2. The minimum absolute atomic E-state index is 0.310. The molecule has 3 aromatic rings. The second-order valence-corrected chi connectivity index (χ2v) is 8.37. The van der Waals surface area contributed by atoms with Gasteiger partial charge in [0.15, 0.2) is 24.2 Å². The first kappa shape index (κ1) is 17.8. The molecule has 0 saturated carbocycles. The highest BCUT2D eigenvalue weighted by atomic mass is 16.7. The standard InChI is InChI=1S/C24H26N3O3/c1-25-7-9-26(10-8-25)24-19-14-27-6-5-17-12-22-23(30-15-29-22)13-18(17)20(27)11-16(19)3-4-21(24)28-2/h3-4,11-14H,5-10,15H2,1-2H3/q+1. The van der Waals surface area contributed by atoms with E-state index in [2.05, 4.69) is 57.9 Å². The molecule has 0 N–H and O–H groups in total. The van der Waals surface area contributed by atoms with Crippen molar-refractivity contribution < 1.29 is 18.8 Å². The fraction of sp³-hybridized carbons (Fsp3) is 0.375. The zero-order valence-electron chi connectivity index (χ0n) is 17.5. The summed E-state index contributed by atoms with van der Waals surface area (Å²) >= 11 is 0. The number of nitrogens with zero attached hydrogens (tertiary/aromatic N) is 3. The molecule has 6 rings (SSSR count). The van der Waals surface area contributed by atoms with Crippen LogP contribution < -0.4 is 23.7 Å². The van der Waals surface area contributed by atoms with Gasteiger partial charge in [0.05, 0.1) is 23.7 Å². The monoisotopic (exact) mass is 404 g/mol. The van der Waals surface area contributed by atoms with Crippen molar-refractivity contribution in [3.63, 3.8) is 0 Å². The molecule has 0 amide bonds. The molecule has 3 aliphatic rings. The summed E-state index contributed by atoms with van der Waals surface area (Å²) in [6, 6.07) is 10.9. The van der Waals surface area contributed by atoms with Gasteiger partial charge in [0.1, 0.15) is 5.75 Å². The van der Waals surface area contributed by atoms with Crippen molar-refractivity contribution in [2.24, 2.45) is 0 Å². The number of anilines is 1. The molecular weight excluding hydrogens is 378 g/mol. The Morgan fingerprint density at radius 3 is 2.60 bits per heavy atom. The summed E-state index contributed by atoms with van der Waals surface area (Å²) in [6.07, 6.45) is 3.30. The van der Waals surface area contributed by atoms with E-state index in [4.69, 9.17) is 14.2 Å². The van der Waals surface area contributed by atoms with E-state index in [-0.39, 0.29) is 0 Å². The first-order valence-electron chi connectivity index (χ1n) is 10.6. The van der Waals surface area contributed by atoms with Crippen LogP contribution in [-0.2, 0) is 13.0 Å². The molecule has 0 aliphatic carbocycles. The van der Waals surface area contributed by atoms with Crippen LogP contribution >= 0.6 is 0 Å². The summed E-state index contributed by atoms with van der Waals surface area (Å²) in [7, 11) is 3.96. The van der Waals surface area contributed by atoms with Gasteiger partial charge in [-0.1, -0.05) is 6.07 Å². The number of methoxy groups -OCH3 is 1. The van der Waals surface area contributed by atoms with E-state index < -0.39 is 0 Å². The molecule has 2 aromatic carbocycles. The number of rotatable bonds is 2. The van der Waals surface area contributed by atoms with Crippen LogP contribution in [0.3, 0.4) is 0 Å². The van der Waals surface area contributed by atoms with Crippen molar-refractivity contribution in [2.75, 3.05) is 52.0 Å². The zero-order chi connectivity index (χ0) is 20.2. The fourth-order valence-electron chi connectivity index (χ4n) is 4.93. The number of piperazine rings is 1. The summed E-state index contributed by atoms with van der Waals surface area (Å²) in [6.45, 7) is 5.43. The highest BCUT2D eigenvalue weighted by molar-refractivity contribution is 5.98. The second kappa shape index (κ2) is 6.77. The lowest BCUT2D eigenvalue weighted by molar-refractivity contribution is -0.686. The van der Waals surface area contributed by atoms with E-state index in [1.807, 2.05) is 0 Å². The van der Waals surface area contributed by atoms with E-state index in [0.717, 1.165) is 56.4 Å². The molecule has 4 heterocycles. The van der Waals surface area contributed by atoms with Crippen LogP contribution in [0.25, 0.3) is 22.0 Å². The molecule has 3 aliphatic heterocycles. The Hall–Kier alpha value is -2.99. The van der Waals surface area contributed by atoms with Gasteiger partial charge >= 0.3 is 0 Å². The topological polar surface area (TPSA) is 38.1 Å². The van der Waals surface area contributed by atoms with Crippen LogP contribution in [0.4, 0.5) is 5.69 Å². The largest absolute Gasteiger partial charge is 0.495 e. The Balaban J connectivity index is 1.51. The van der Waals surface area contributed by atoms with Crippen LogP contribution in [0.1, 0.15) is 5.56 Å². The predicted molar refractivity (Wildman–Crippen MR) is 116 cm³/mol. The summed E-state index contributed by atoms with van der Waals surface area (Å²) in [5.74, 6) is 2.66. The molecule has 1 aromatic heterocycles. The first-order valence-corrected chi connectivity index (χ1v) is 10.6. The molecule has 1 fully saturated rings. The Morgan fingerprint density at radius 1 is 1.00 bits per heavy atom. The van der Waals surface area contributed by atoms with Gasteiger partial charge in [-0.2, -0.15) is 4.57 Å². The van der Waals surface area contributed by atoms with Crippen LogP contribution in [0.2, 0.25) is 0 Å². The number of benzene rings is 2. The number of likely N-dealkylation sites (N-methyl/N-ethyl adjacent to an activating group) is 1. The first-order chi connectivity index (χ1) is 14.7. The molecular formula is C24H26N3O3+. The van der Waals surface area contributed by atoms with E-state index in [1.165, 1.54) is 33.3 Å². The van der Waals surface area contributed by atoms with Gasteiger partial charge in [-0.25, -0.2) is 0 Å². The smallest absolute Gasteiger partial charge is 0.231 e. The number of ether oxygens (including phenoxy) is 3. The number of aryl methyl sites for hydroxylation is 2. The molecule has 30 heavy (non-hydrogen) atoms. The molecule has 0 radical (unpaired) electrons. The van der Waals surface area contributed by atoms with Gasteiger partial charge in [0.2, 0.25) is 12.5 Å². The van der Waals surface area contributed by atoms with Gasteiger partial charge < -0.3 is 24.0 Å². The molecule has 0 atom stereocenters. The normalized spacial score (nSPS) is 17.7. The lowest BCUT2D eigenvalue weighted by atomic mass is 9.95. The molecule has 6 heteroatoms. The van der Waals surface area contributed by atoms with Gasteiger partial charge in [-0.3, -0.25) is 0 Å². The van der Waals surface area contributed by atoms with Crippen molar-refractivity contribution >= 4 is 16.5 Å². The van der Waals surface area contributed by atoms with E-state index in [1.54, 1.807) is 7.11 Å². The maximum Gasteiger partial charge on any atom is 0.231 e. The summed E-state index contributed by atoms with van der Waals surface area (Å²) in [4.78, 5) is 4.86.